The molecule has 0 rings (SSSR count). The number of unbranched alkanes of at least 4 members (excludes halogenated alkanes) is 1. The van der Waals surface area contributed by atoms with Crippen LogP contribution in [0.3, 0.4) is 0 Å². The zero-order chi connectivity index (χ0) is 12.3. The first-order chi connectivity index (χ1) is 6.97. The number of hydrogen-bond donors (Lipinski definition) is 1. The maximum absolute atomic E-state index is 10.4. The van der Waals surface area contributed by atoms with Crippen molar-refractivity contribution < 1.29 is 23.5 Å². The van der Waals surface area contributed by atoms with Crippen LogP contribution in [0.1, 0.15) is 33.6 Å². The van der Waals surface area contributed by atoms with Crippen LogP contribution in [-0.2, 0) is 18.6 Å². The van der Waals surface area contributed by atoms with E-state index >= 15 is 0 Å². The molecule has 5 nitrogen and oxygen atoms in total. The number of ether oxygens (including phenoxy) is 1. The Morgan fingerprint density at radius 3 is 2.27 bits per heavy atom. The summed E-state index contributed by atoms with van der Waals surface area (Å²) in [7, 11) is -3.05. The maximum atomic E-state index is 10.4. The van der Waals surface area contributed by atoms with Crippen LogP contribution in [0.25, 0.3) is 0 Å². The topological polar surface area (TPSA) is 72.8 Å². The predicted molar refractivity (Wildman–Crippen MR) is 58.6 cm³/mol. The van der Waals surface area contributed by atoms with Crippen LogP contribution >= 0.6 is 8.25 Å². The van der Waals surface area contributed by atoms with E-state index in [1.165, 1.54) is 19.8 Å². The van der Waals surface area contributed by atoms with Gasteiger partial charge in [-0.3, -0.25) is 9.09 Å². The standard InChI is InChI=1S/C5H9O5P.C4H10/c1-3-5(6)9-4(2)10-11(7)8;1-3-4-2/h3-4,11H,1H2,2H3,(H,7,8);3-4H2,1-2H3. The normalized spacial score (nSPS) is 13.1. The second-order valence-corrected chi connectivity index (χ2v) is 3.36. The van der Waals surface area contributed by atoms with Crippen LogP contribution in [-0.4, -0.2) is 17.2 Å². The first-order valence-electron chi connectivity index (χ1n) is 4.70. The van der Waals surface area contributed by atoms with E-state index in [0.717, 1.165) is 6.08 Å². The number of carbonyl (C=O) groups excluding carboxylic acids is 1. The summed E-state index contributed by atoms with van der Waals surface area (Å²) in [5, 5.41) is 0. The molecule has 0 fully saturated rings. The van der Waals surface area contributed by atoms with Crippen LogP contribution in [0.15, 0.2) is 12.7 Å². The summed E-state index contributed by atoms with van der Waals surface area (Å²) in [5.41, 5.74) is 0. The van der Waals surface area contributed by atoms with E-state index in [1.54, 1.807) is 0 Å². The quantitative estimate of drug-likeness (QED) is 0.344. The molecule has 6 heteroatoms. The molecule has 0 aromatic carbocycles. The van der Waals surface area contributed by atoms with Gasteiger partial charge in [-0.25, -0.2) is 4.79 Å². The Morgan fingerprint density at radius 2 is 2.00 bits per heavy atom. The van der Waals surface area contributed by atoms with Crippen molar-refractivity contribution in [3.8, 4) is 0 Å². The van der Waals surface area contributed by atoms with Gasteiger partial charge in [0.2, 0.25) is 6.29 Å². The van der Waals surface area contributed by atoms with Gasteiger partial charge in [-0.1, -0.05) is 33.3 Å². The zero-order valence-corrected chi connectivity index (χ0v) is 10.4. The molecule has 0 aliphatic rings. The Hall–Kier alpha value is -0.640. The minimum Gasteiger partial charge on any atom is -0.432 e. The molecule has 90 valence electrons. The molecule has 0 spiro atoms. The van der Waals surface area contributed by atoms with Crippen molar-refractivity contribution in [3.05, 3.63) is 12.7 Å². The Bertz CT molecular complexity index is 203. The summed E-state index contributed by atoms with van der Waals surface area (Å²) in [4.78, 5) is 18.6. The van der Waals surface area contributed by atoms with Gasteiger partial charge < -0.3 is 9.63 Å². The van der Waals surface area contributed by atoms with E-state index in [0.29, 0.717) is 0 Å². The fourth-order valence-electron chi connectivity index (χ4n) is 0.378. The molecule has 2 atom stereocenters. The van der Waals surface area contributed by atoms with Crippen molar-refractivity contribution in [3.63, 3.8) is 0 Å². The average Bonchev–Trinajstić information content (AvgIpc) is 2.16. The second-order valence-electron chi connectivity index (χ2n) is 2.59. The highest BCUT2D eigenvalue weighted by atomic mass is 31.1. The van der Waals surface area contributed by atoms with Gasteiger partial charge in [0, 0.05) is 6.08 Å². The Balaban J connectivity index is 0. The molecule has 0 aromatic rings. The minimum absolute atomic E-state index is 0.694. The number of esters is 1. The lowest BCUT2D eigenvalue weighted by Gasteiger charge is -2.09. The first-order valence-corrected chi connectivity index (χ1v) is 5.96. The van der Waals surface area contributed by atoms with Gasteiger partial charge in [-0.05, 0) is 6.92 Å². The largest absolute Gasteiger partial charge is 0.432 e. The van der Waals surface area contributed by atoms with Crippen molar-refractivity contribution >= 4 is 14.2 Å². The lowest BCUT2D eigenvalue weighted by Crippen LogP contribution is -2.13. The van der Waals surface area contributed by atoms with E-state index < -0.39 is 20.5 Å². The number of carbonyl (C=O) groups is 1. The molecule has 1 N–H and O–H groups in total. The van der Waals surface area contributed by atoms with E-state index in [-0.39, 0.29) is 0 Å². The summed E-state index contributed by atoms with van der Waals surface area (Å²) < 4.78 is 18.7. The number of rotatable bonds is 5. The molecule has 0 bridgehead atoms. The van der Waals surface area contributed by atoms with E-state index in [1.807, 2.05) is 0 Å². The van der Waals surface area contributed by atoms with Crippen LogP contribution < -0.4 is 0 Å². The summed E-state index contributed by atoms with van der Waals surface area (Å²) >= 11 is 0. The van der Waals surface area contributed by atoms with Gasteiger partial charge in [0.05, 0.1) is 0 Å². The average molecular weight is 238 g/mol. The molecular weight excluding hydrogens is 219 g/mol. The third kappa shape index (κ3) is 16.1. The highest BCUT2D eigenvalue weighted by Gasteiger charge is 2.07. The molecule has 2 unspecified atom stereocenters. The van der Waals surface area contributed by atoms with Crippen molar-refractivity contribution in [2.24, 2.45) is 0 Å². The summed E-state index contributed by atoms with van der Waals surface area (Å²) in [6.07, 6.45) is 2.56. The monoisotopic (exact) mass is 238 g/mol. The van der Waals surface area contributed by atoms with E-state index in [9.17, 15) is 9.36 Å². The lowest BCUT2D eigenvalue weighted by molar-refractivity contribution is -0.154. The van der Waals surface area contributed by atoms with Crippen molar-refractivity contribution in [1.29, 1.82) is 0 Å². The molecule has 0 saturated carbocycles. The van der Waals surface area contributed by atoms with Crippen LogP contribution in [0.2, 0.25) is 0 Å². The van der Waals surface area contributed by atoms with Crippen molar-refractivity contribution in [2.75, 3.05) is 0 Å². The predicted octanol–water partition coefficient (Wildman–Crippen LogP) is 2.27. The Kier molecular flexibility index (Phi) is 12.8. The summed E-state index contributed by atoms with van der Waals surface area (Å²) in [6.45, 7) is 8.83. The van der Waals surface area contributed by atoms with E-state index in [2.05, 4.69) is 29.7 Å². The van der Waals surface area contributed by atoms with Crippen LogP contribution in [0.5, 0.6) is 0 Å². The third-order valence-corrected chi connectivity index (χ3v) is 1.75. The summed E-state index contributed by atoms with van der Waals surface area (Å²) in [6, 6.07) is 0. The zero-order valence-electron chi connectivity index (χ0n) is 9.36. The van der Waals surface area contributed by atoms with Gasteiger partial charge in [0.25, 0.3) is 0 Å². The summed E-state index contributed by atoms with van der Waals surface area (Å²) in [5.74, 6) is -0.694. The molecule has 15 heavy (non-hydrogen) atoms. The van der Waals surface area contributed by atoms with Crippen molar-refractivity contribution in [2.45, 2.75) is 39.9 Å². The van der Waals surface area contributed by atoms with Gasteiger partial charge >= 0.3 is 14.2 Å². The highest BCUT2D eigenvalue weighted by Crippen LogP contribution is 2.18. The minimum atomic E-state index is -3.05. The molecule has 0 aliphatic carbocycles. The molecular formula is C9H19O5P. The van der Waals surface area contributed by atoms with Gasteiger partial charge in [0.1, 0.15) is 0 Å². The molecule has 0 heterocycles. The van der Waals surface area contributed by atoms with Crippen LogP contribution in [0, 0.1) is 0 Å². The molecule has 0 radical (unpaired) electrons. The molecule has 0 aliphatic heterocycles. The van der Waals surface area contributed by atoms with Gasteiger partial charge in [0.15, 0.2) is 0 Å². The van der Waals surface area contributed by atoms with Crippen LogP contribution in [0.4, 0.5) is 0 Å². The molecule has 0 saturated heterocycles. The smallest absolute Gasteiger partial charge is 0.332 e. The number of hydrogen-bond acceptors (Lipinski definition) is 4. The van der Waals surface area contributed by atoms with E-state index in [4.69, 9.17) is 4.89 Å². The van der Waals surface area contributed by atoms with Gasteiger partial charge in [-0.2, -0.15) is 0 Å². The third-order valence-electron chi connectivity index (χ3n) is 1.22. The second kappa shape index (κ2) is 11.4. The maximum Gasteiger partial charge on any atom is 0.332 e. The fourth-order valence-corrected chi connectivity index (χ4v) is 0.710. The van der Waals surface area contributed by atoms with Gasteiger partial charge in [-0.15, -0.1) is 0 Å². The SMILES string of the molecule is C=CC(=O)OC(C)O[PH](=O)O.CCCC. The Labute approximate surface area is 91.0 Å². The fraction of sp³-hybridized carbons (Fsp3) is 0.667. The molecule has 0 amide bonds. The Morgan fingerprint density at radius 1 is 1.53 bits per heavy atom. The molecule has 0 aromatic heterocycles. The highest BCUT2D eigenvalue weighted by molar-refractivity contribution is 7.32. The first kappa shape index (κ1) is 16.8. The van der Waals surface area contributed by atoms with Crippen molar-refractivity contribution in [1.82, 2.24) is 0 Å². The lowest BCUT2D eigenvalue weighted by atomic mass is 10.4.